The summed E-state index contributed by atoms with van der Waals surface area (Å²) in [6, 6.07) is -1.29. The summed E-state index contributed by atoms with van der Waals surface area (Å²) in [6.45, 7) is 7.52. The summed E-state index contributed by atoms with van der Waals surface area (Å²) >= 11 is 0. The van der Waals surface area contributed by atoms with E-state index in [2.05, 4.69) is 5.32 Å². The lowest BCUT2D eigenvalue weighted by molar-refractivity contribution is -0.139. The summed E-state index contributed by atoms with van der Waals surface area (Å²) in [4.78, 5) is 37.0. The second kappa shape index (κ2) is 6.78. The van der Waals surface area contributed by atoms with E-state index in [0.29, 0.717) is 19.4 Å². The molecule has 7 heteroatoms. The Morgan fingerprint density at radius 1 is 1.38 bits per heavy atom. The molecule has 0 spiro atoms. The number of hydrogen-bond donors (Lipinski definition) is 2. The number of primary amides is 1. The summed E-state index contributed by atoms with van der Waals surface area (Å²) in [5.41, 5.74) is 4.68. The molecule has 120 valence electrons. The molecular formula is C14H25N3O4. The van der Waals surface area contributed by atoms with Crippen molar-refractivity contribution in [2.24, 2.45) is 5.73 Å². The maximum absolute atomic E-state index is 12.4. The molecule has 3 amide bonds. The fourth-order valence-electron chi connectivity index (χ4n) is 2.31. The summed E-state index contributed by atoms with van der Waals surface area (Å²) < 4.78 is 5.14. The smallest absolute Gasteiger partial charge is 0.408 e. The van der Waals surface area contributed by atoms with Crippen molar-refractivity contribution in [2.45, 2.75) is 64.6 Å². The molecule has 3 N–H and O–H groups in total. The van der Waals surface area contributed by atoms with Crippen molar-refractivity contribution in [3.05, 3.63) is 0 Å². The Morgan fingerprint density at radius 2 is 2.00 bits per heavy atom. The van der Waals surface area contributed by atoms with Gasteiger partial charge in [-0.15, -0.1) is 0 Å². The number of ether oxygens (including phenoxy) is 1. The van der Waals surface area contributed by atoms with E-state index in [-0.39, 0.29) is 5.91 Å². The van der Waals surface area contributed by atoms with Crippen LogP contribution in [-0.4, -0.2) is 47.0 Å². The lowest BCUT2D eigenvalue weighted by Crippen LogP contribution is -2.53. The van der Waals surface area contributed by atoms with Crippen LogP contribution in [0.1, 0.15) is 47.0 Å². The molecule has 1 aliphatic rings. The zero-order chi connectivity index (χ0) is 16.2. The van der Waals surface area contributed by atoms with Gasteiger partial charge in [0, 0.05) is 6.54 Å². The first-order valence-electron chi connectivity index (χ1n) is 7.25. The minimum Gasteiger partial charge on any atom is -0.444 e. The minimum absolute atomic E-state index is 0.287. The summed E-state index contributed by atoms with van der Waals surface area (Å²) in [6.07, 6.45) is 1.09. The van der Waals surface area contributed by atoms with Crippen LogP contribution < -0.4 is 11.1 Å². The van der Waals surface area contributed by atoms with E-state index >= 15 is 0 Å². The minimum atomic E-state index is -0.709. The third-order valence-corrected chi connectivity index (χ3v) is 3.26. The largest absolute Gasteiger partial charge is 0.444 e. The van der Waals surface area contributed by atoms with Gasteiger partial charge in [-0.1, -0.05) is 6.92 Å². The van der Waals surface area contributed by atoms with Crippen molar-refractivity contribution in [1.29, 1.82) is 0 Å². The molecule has 0 aromatic heterocycles. The van der Waals surface area contributed by atoms with Crippen LogP contribution in [0.25, 0.3) is 0 Å². The molecule has 1 saturated heterocycles. The van der Waals surface area contributed by atoms with E-state index in [9.17, 15) is 14.4 Å². The molecule has 1 heterocycles. The number of rotatable bonds is 4. The van der Waals surface area contributed by atoms with Crippen molar-refractivity contribution < 1.29 is 19.1 Å². The average molecular weight is 299 g/mol. The molecule has 2 atom stereocenters. The Labute approximate surface area is 125 Å². The maximum Gasteiger partial charge on any atom is 0.408 e. The number of carbonyl (C=O) groups excluding carboxylic acids is 3. The zero-order valence-corrected chi connectivity index (χ0v) is 13.1. The molecule has 21 heavy (non-hydrogen) atoms. The van der Waals surface area contributed by atoms with E-state index in [0.717, 1.165) is 6.42 Å². The predicted octanol–water partition coefficient (Wildman–Crippen LogP) is 0.766. The van der Waals surface area contributed by atoms with Crippen molar-refractivity contribution in [3.8, 4) is 0 Å². The van der Waals surface area contributed by atoms with Crippen LogP contribution in [0.5, 0.6) is 0 Å². The highest BCUT2D eigenvalue weighted by atomic mass is 16.6. The van der Waals surface area contributed by atoms with Crippen molar-refractivity contribution >= 4 is 17.9 Å². The number of likely N-dealkylation sites (tertiary alicyclic amines) is 1. The van der Waals surface area contributed by atoms with Gasteiger partial charge in [-0.25, -0.2) is 4.79 Å². The Balaban J connectivity index is 2.69. The van der Waals surface area contributed by atoms with Gasteiger partial charge in [-0.3, -0.25) is 9.59 Å². The second-order valence-corrected chi connectivity index (χ2v) is 6.20. The molecule has 0 saturated carbocycles. The maximum atomic E-state index is 12.4. The summed E-state index contributed by atoms with van der Waals surface area (Å²) in [5, 5.41) is 2.55. The number of amides is 3. The van der Waals surface area contributed by atoms with Crippen molar-refractivity contribution in [2.75, 3.05) is 6.54 Å². The van der Waals surface area contributed by atoms with Gasteiger partial charge in [-0.2, -0.15) is 0 Å². The van der Waals surface area contributed by atoms with E-state index in [1.807, 2.05) is 0 Å². The Kier molecular flexibility index (Phi) is 5.57. The van der Waals surface area contributed by atoms with Crippen LogP contribution in [0.15, 0.2) is 0 Å². The van der Waals surface area contributed by atoms with Gasteiger partial charge in [0.25, 0.3) is 0 Å². The van der Waals surface area contributed by atoms with E-state index in [1.165, 1.54) is 4.90 Å². The molecule has 0 unspecified atom stereocenters. The van der Waals surface area contributed by atoms with E-state index in [4.69, 9.17) is 10.5 Å². The first kappa shape index (κ1) is 17.3. The SMILES string of the molecule is CC[C@H](NC(=O)OC(C)(C)C)C(=O)N1CCC[C@H]1C(N)=O. The standard InChI is InChI=1S/C14H25N3O4/c1-5-9(16-13(20)21-14(2,3)4)12(19)17-8-6-7-10(17)11(15)18/h9-10H,5-8H2,1-4H3,(H2,15,18)(H,16,20)/t9-,10-/m0/s1. The molecule has 0 radical (unpaired) electrons. The lowest BCUT2D eigenvalue weighted by atomic mass is 10.1. The number of alkyl carbamates (subject to hydrolysis) is 1. The molecule has 1 aliphatic heterocycles. The third kappa shape index (κ3) is 4.91. The highest BCUT2D eigenvalue weighted by molar-refractivity contribution is 5.91. The highest BCUT2D eigenvalue weighted by Gasteiger charge is 2.36. The van der Waals surface area contributed by atoms with Gasteiger partial charge >= 0.3 is 6.09 Å². The number of carbonyl (C=O) groups is 3. The highest BCUT2D eigenvalue weighted by Crippen LogP contribution is 2.18. The Hall–Kier alpha value is -1.79. The third-order valence-electron chi connectivity index (χ3n) is 3.26. The first-order valence-corrected chi connectivity index (χ1v) is 7.25. The van der Waals surface area contributed by atoms with Gasteiger partial charge < -0.3 is 20.7 Å². The van der Waals surface area contributed by atoms with Crippen molar-refractivity contribution in [1.82, 2.24) is 10.2 Å². The van der Waals surface area contributed by atoms with Crippen LogP contribution in [0.2, 0.25) is 0 Å². The summed E-state index contributed by atoms with van der Waals surface area (Å²) in [5.74, 6) is -0.794. The molecule has 0 aromatic carbocycles. The fourth-order valence-corrected chi connectivity index (χ4v) is 2.31. The quantitative estimate of drug-likeness (QED) is 0.800. The van der Waals surface area contributed by atoms with Crippen molar-refractivity contribution in [3.63, 3.8) is 0 Å². The normalized spacial score (nSPS) is 20.0. The van der Waals surface area contributed by atoms with Crippen LogP contribution in [-0.2, 0) is 14.3 Å². The van der Waals surface area contributed by atoms with Gasteiger partial charge in [0.15, 0.2) is 0 Å². The topological polar surface area (TPSA) is 102 Å². The first-order chi connectivity index (χ1) is 9.65. The molecule has 1 rings (SSSR count). The molecule has 1 fully saturated rings. The molecule has 0 aliphatic carbocycles. The van der Waals surface area contributed by atoms with Crippen LogP contribution >= 0.6 is 0 Å². The van der Waals surface area contributed by atoms with E-state index < -0.39 is 29.7 Å². The number of nitrogens with one attached hydrogen (secondary N) is 1. The van der Waals surface area contributed by atoms with Gasteiger partial charge in [0.05, 0.1) is 0 Å². The molecular weight excluding hydrogens is 274 g/mol. The molecule has 7 nitrogen and oxygen atoms in total. The van der Waals surface area contributed by atoms with Gasteiger partial charge in [-0.05, 0) is 40.0 Å². The Morgan fingerprint density at radius 3 is 2.48 bits per heavy atom. The molecule has 0 bridgehead atoms. The number of nitrogens with two attached hydrogens (primary N) is 1. The average Bonchev–Trinajstić information content (AvgIpc) is 2.82. The van der Waals surface area contributed by atoms with Crippen LogP contribution in [0.4, 0.5) is 4.79 Å². The Bertz CT molecular complexity index is 417. The number of nitrogens with zero attached hydrogens (tertiary/aromatic N) is 1. The van der Waals surface area contributed by atoms with E-state index in [1.54, 1.807) is 27.7 Å². The summed E-state index contributed by atoms with van der Waals surface area (Å²) in [7, 11) is 0. The van der Waals surface area contributed by atoms with Crippen LogP contribution in [0, 0.1) is 0 Å². The van der Waals surface area contributed by atoms with Gasteiger partial charge in [0.2, 0.25) is 11.8 Å². The number of hydrogen-bond acceptors (Lipinski definition) is 4. The monoisotopic (exact) mass is 299 g/mol. The van der Waals surface area contributed by atoms with Crippen LogP contribution in [0.3, 0.4) is 0 Å². The zero-order valence-electron chi connectivity index (χ0n) is 13.1. The second-order valence-electron chi connectivity index (χ2n) is 6.20. The fraction of sp³-hybridized carbons (Fsp3) is 0.786. The van der Waals surface area contributed by atoms with Gasteiger partial charge in [0.1, 0.15) is 17.7 Å². The molecule has 0 aromatic rings. The lowest BCUT2D eigenvalue weighted by Gasteiger charge is -2.28. The predicted molar refractivity (Wildman–Crippen MR) is 77.4 cm³/mol.